The molecule has 0 unspecified atom stereocenters. The van der Waals surface area contributed by atoms with Crippen molar-refractivity contribution in [2.24, 2.45) is 0 Å². The largest absolute Gasteiger partial charge is 0.497 e. The van der Waals surface area contributed by atoms with E-state index in [0.717, 1.165) is 29.1 Å². The SMILES string of the molecule is CC[C@@H](C)NC(=O)CCn1c(-c2ccc(OC)cc2)cc(C(C)=O)c1C. The van der Waals surface area contributed by atoms with Gasteiger partial charge in [0, 0.05) is 36.0 Å². The summed E-state index contributed by atoms with van der Waals surface area (Å²) in [5.41, 5.74) is 3.51. The number of nitrogens with one attached hydrogen (secondary N) is 1. The summed E-state index contributed by atoms with van der Waals surface area (Å²) in [4.78, 5) is 24.1. The van der Waals surface area contributed by atoms with E-state index in [2.05, 4.69) is 9.88 Å². The van der Waals surface area contributed by atoms with Gasteiger partial charge in [0.1, 0.15) is 5.75 Å². The maximum atomic E-state index is 12.2. The number of aromatic nitrogens is 1. The van der Waals surface area contributed by atoms with Crippen LogP contribution < -0.4 is 10.1 Å². The molecular formula is C21H28N2O3. The van der Waals surface area contributed by atoms with Crippen LogP contribution in [0.15, 0.2) is 30.3 Å². The second-order valence-electron chi connectivity index (χ2n) is 6.59. The highest BCUT2D eigenvalue weighted by Gasteiger charge is 2.17. The number of hydrogen-bond donors (Lipinski definition) is 1. The summed E-state index contributed by atoms with van der Waals surface area (Å²) in [6.45, 7) is 8.07. The van der Waals surface area contributed by atoms with Gasteiger partial charge in [0.05, 0.1) is 7.11 Å². The number of Topliss-reactive ketones (excluding diaryl/α,β-unsaturated/α-hetero) is 1. The Balaban J connectivity index is 2.30. The van der Waals surface area contributed by atoms with Crippen LogP contribution in [0.3, 0.4) is 0 Å². The molecule has 2 aromatic rings. The average molecular weight is 356 g/mol. The zero-order valence-corrected chi connectivity index (χ0v) is 16.3. The summed E-state index contributed by atoms with van der Waals surface area (Å²) >= 11 is 0. The van der Waals surface area contributed by atoms with Gasteiger partial charge in [-0.2, -0.15) is 0 Å². The molecule has 0 aliphatic heterocycles. The van der Waals surface area contributed by atoms with Gasteiger partial charge >= 0.3 is 0 Å². The molecule has 0 saturated heterocycles. The Morgan fingerprint density at radius 2 is 1.88 bits per heavy atom. The maximum Gasteiger partial charge on any atom is 0.221 e. The van der Waals surface area contributed by atoms with Gasteiger partial charge in [0.2, 0.25) is 5.91 Å². The summed E-state index contributed by atoms with van der Waals surface area (Å²) in [5, 5.41) is 2.99. The first-order chi connectivity index (χ1) is 12.4. The number of hydrogen-bond acceptors (Lipinski definition) is 3. The van der Waals surface area contributed by atoms with Gasteiger partial charge in [0.15, 0.2) is 5.78 Å². The molecule has 1 aromatic heterocycles. The van der Waals surface area contributed by atoms with Gasteiger partial charge in [-0.3, -0.25) is 9.59 Å². The van der Waals surface area contributed by atoms with Crippen LogP contribution in [0.5, 0.6) is 5.75 Å². The lowest BCUT2D eigenvalue weighted by Crippen LogP contribution is -2.32. The molecule has 1 atom stereocenters. The number of ketones is 1. The van der Waals surface area contributed by atoms with E-state index in [4.69, 9.17) is 4.74 Å². The minimum atomic E-state index is 0.0255. The van der Waals surface area contributed by atoms with Crippen molar-refractivity contribution in [1.82, 2.24) is 9.88 Å². The normalized spacial score (nSPS) is 11.9. The van der Waals surface area contributed by atoms with E-state index in [9.17, 15) is 9.59 Å². The molecule has 0 saturated carbocycles. The van der Waals surface area contributed by atoms with Crippen molar-refractivity contribution < 1.29 is 14.3 Å². The third-order valence-electron chi connectivity index (χ3n) is 4.71. The second-order valence-corrected chi connectivity index (χ2v) is 6.59. The first-order valence-corrected chi connectivity index (χ1v) is 9.02. The fraction of sp³-hybridized carbons (Fsp3) is 0.429. The smallest absolute Gasteiger partial charge is 0.221 e. The predicted octanol–water partition coefficient (Wildman–Crippen LogP) is 3.98. The van der Waals surface area contributed by atoms with E-state index >= 15 is 0 Å². The molecule has 0 bridgehead atoms. The van der Waals surface area contributed by atoms with Gasteiger partial charge < -0.3 is 14.6 Å². The average Bonchev–Trinajstić information content (AvgIpc) is 2.96. The van der Waals surface area contributed by atoms with Gasteiger partial charge in [0.25, 0.3) is 0 Å². The quantitative estimate of drug-likeness (QED) is 0.728. The van der Waals surface area contributed by atoms with Gasteiger partial charge in [-0.05, 0) is 63.1 Å². The van der Waals surface area contributed by atoms with Crippen LogP contribution in [0.25, 0.3) is 11.3 Å². The second kappa shape index (κ2) is 8.70. The third kappa shape index (κ3) is 4.54. The number of ether oxygens (including phenoxy) is 1. The monoisotopic (exact) mass is 356 g/mol. The topological polar surface area (TPSA) is 60.3 Å². The molecular weight excluding hydrogens is 328 g/mol. The lowest BCUT2D eigenvalue weighted by atomic mass is 10.1. The molecule has 0 aliphatic carbocycles. The summed E-state index contributed by atoms with van der Waals surface area (Å²) in [7, 11) is 1.63. The summed E-state index contributed by atoms with van der Waals surface area (Å²) in [6.07, 6.45) is 1.28. The highest BCUT2D eigenvalue weighted by Crippen LogP contribution is 2.28. The van der Waals surface area contributed by atoms with Crippen LogP contribution in [-0.4, -0.2) is 29.4 Å². The molecule has 5 heteroatoms. The highest BCUT2D eigenvalue weighted by molar-refractivity contribution is 5.96. The predicted molar refractivity (Wildman–Crippen MR) is 104 cm³/mol. The molecule has 140 valence electrons. The Morgan fingerprint density at radius 1 is 1.23 bits per heavy atom. The first-order valence-electron chi connectivity index (χ1n) is 9.02. The molecule has 1 amide bonds. The van der Waals surface area contributed by atoms with Crippen molar-refractivity contribution in [2.45, 2.75) is 53.1 Å². The van der Waals surface area contributed by atoms with E-state index in [-0.39, 0.29) is 17.7 Å². The van der Waals surface area contributed by atoms with Crippen LogP contribution in [0, 0.1) is 6.92 Å². The Morgan fingerprint density at radius 3 is 2.42 bits per heavy atom. The minimum absolute atomic E-state index is 0.0255. The Bertz CT molecular complexity index is 775. The van der Waals surface area contributed by atoms with E-state index in [1.165, 1.54) is 0 Å². The zero-order valence-electron chi connectivity index (χ0n) is 16.3. The van der Waals surface area contributed by atoms with Crippen molar-refractivity contribution in [3.05, 3.63) is 41.6 Å². The molecule has 0 radical (unpaired) electrons. The number of carbonyl (C=O) groups excluding carboxylic acids is 2. The zero-order chi connectivity index (χ0) is 19.3. The molecule has 26 heavy (non-hydrogen) atoms. The molecule has 5 nitrogen and oxygen atoms in total. The van der Waals surface area contributed by atoms with Crippen molar-refractivity contribution in [3.63, 3.8) is 0 Å². The fourth-order valence-corrected chi connectivity index (χ4v) is 2.95. The van der Waals surface area contributed by atoms with Crippen molar-refractivity contribution in [3.8, 4) is 17.0 Å². The lowest BCUT2D eigenvalue weighted by molar-refractivity contribution is -0.121. The number of nitrogens with zero attached hydrogens (tertiary/aromatic N) is 1. The van der Waals surface area contributed by atoms with E-state index in [1.807, 2.05) is 51.1 Å². The standard InChI is InChI=1S/C21H28N2O3/c1-6-14(2)22-21(25)11-12-23-15(3)19(16(4)24)13-20(23)17-7-9-18(26-5)10-8-17/h7-10,13-14H,6,11-12H2,1-5H3,(H,22,25)/t14-/m1/s1. The fourth-order valence-electron chi connectivity index (χ4n) is 2.95. The van der Waals surface area contributed by atoms with E-state index in [1.54, 1.807) is 14.0 Å². The number of methoxy groups -OCH3 is 1. The van der Waals surface area contributed by atoms with Gasteiger partial charge in [-0.25, -0.2) is 0 Å². The van der Waals surface area contributed by atoms with E-state index < -0.39 is 0 Å². The number of amides is 1. The Kier molecular flexibility index (Phi) is 6.61. The molecule has 1 N–H and O–H groups in total. The Hall–Kier alpha value is -2.56. The molecule has 0 fully saturated rings. The summed E-state index contributed by atoms with van der Waals surface area (Å²) < 4.78 is 7.27. The van der Waals surface area contributed by atoms with Crippen LogP contribution in [0.4, 0.5) is 0 Å². The molecule has 0 aliphatic rings. The molecule has 0 spiro atoms. The van der Waals surface area contributed by atoms with Crippen molar-refractivity contribution in [1.29, 1.82) is 0 Å². The Labute approximate surface area is 155 Å². The summed E-state index contributed by atoms with van der Waals surface area (Å²) in [5.74, 6) is 0.834. The van der Waals surface area contributed by atoms with Crippen LogP contribution in [-0.2, 0) is 11.3 Å². The molecule has 1 heterocycles. The van der Waals surface area contributed by atoms with Crippen molar-refractivity contribution in [2.75, 3.05) is 7.11 Å². The van der Waals surface area contributed by atoms with Gasteiger partial charge in [-0.15, -0.1) is 0 Å². The number of carbonyl (C=O) groups is 2. The number of rotatable bonds is 8. The van der Waals surface area contributed by atoms with Crippen LogP contribution >= 0.6 is 0 Å². The highest BCUT2D eigenvalue weighted by atomic mass is 16.5. The van der Waals surface area contributed by atoms with Crippen molar-refractivity contribution >= 4 is 11.7 Å². The third-order valence-corrected chi connectivity index (χ3v) is 4.71. The molecule has 1 aromatic carbocycles. The maximum absolute atomic E-state index is 12.2. The van der Waals surface area contributed by atoms with Crippen LogP contribution in [0.1, 0.15) is 49.7 Å². The minimum Gasteiger partial charge on any atom is -0.497 e. The lowest BCUT2D eigenvalue weighted by Gasteiger charge is -2.14. The first kappa shape index (κ1) is 19.8. The van der Waals surface area contributed by atoms with Gasteiger partial charge in [-0.1, -0.05) is 6.92 Å². The van der Waals surface area contributed by atoms with E-state index in [0.29, 0.717) is 18.5 Å². The summed E-state index contributed by atoms with van der Waals surface area (Å²) in [6, 6.07) is 9.80. The van der Waals surface area contributed by atoms with Crippen LogP contribution in [0.2, 0.25) is 0 Å². The number of benzene rings is 1. The molecule has 2 rings (SSSR count).